The molecule has 0 radical (unpaired) electrons. The first-order chi connectivity index (χ1) is 20.9. The number of aromatic nitrogens is 3. The Morgan fingerprint density at radius 1 is 0.907 bits per heavy atom. The molecule has 43 heavy (non-hydrogen) atoms. The Balaban J connectivity index is 1.01. The number of H-pyrrole nitrogens is 1. The number of imidazole rings is 1. The number of pyridine rings is 1. The third-order valence-electron chi connectivity index (χ3n) is 9.09. The van der Waals surface area contributed by atoms with Crippen LogP contribution in [0.5, 0.6) is 6.01 Å². The molecule has 3 aliphatic rings. The van der Waals surface area contributed by atoms with Crippen molar-refractivity contribution in [1.82, 2.24) is 19.9 Å². The second-order valence-corrected chi connectivity index (χ2v) is 12.3. The Morgan fingerprint density at radius 3 is 2.26 bits per heavy atom. The lowest BCUT2D eigenvalue weighted by Crippen LogP contribution is -2.43. The fraction of sp³-hybridized carbons (Fsp3) is 0.438. The van der Waals surface area contributed by atoms with Gasteiger partial charge in [0, 0.05) is 17.5 Å². The molecular weight excluding hydrogens is 572 g/mol. The third-order valence-corrected chi connectivity index (χ3v) is 9.38. The van der Waals surface area contributed by atoms with Crippen LogP contribution in [0.25, 0.3) is 33.5 Å². The number of nitrogens with one attached hydrogen (secondary N) is 1. The van der Waals surface area contributed by atoms with Gasteiger partial charge in [-0.25, -0.2) is 4.98 Å². The summed E-state index contributed by atoms with van der Waals surface area (Å²) in [6, 6.07) is 18.8. The molecule has 0 aliphatic carbocycles. The number of hydrogen-bond donors (Lipinski definition) is 4. The summed E-state index contributed by atoms with van der Waals surface area (Å²) in [6.45, 7) is 3.23. The molecule has 3 saturated heterocycles. The summed E-state index contributed by atoms with van der Waals surface area (Å²) in [5.41, 5.74) is 5.78. The van der Waals surface area contributed by atoms with Crippen LogP contribution < -0.4 is 4.74 Å². The molecule has 0 amide bonds. The summed E-state index contributed by atoms with van der Waals surface area (Å²) in [4.78, 5) is 14.7. The van der Waals surface area contributed by atoms with E-state index in [1.807, 2.05) is 12.1 Å². The van der Waals surface area contributed by atoms with Gasteiger partial charge < -0.3 is 34.5 Å². The summed E-state index contributed by atoms with van der Waals surface area (Å²) in [6.07, 6.45) is -0.108. The van der Waals surface area contributed by atoms with E-state index in [-0.39, 0.29) is 43.5 Å². The van der Waals surface area contributed by atoms with Gasteiger partial charge in [-0.2, -0.15) is 4.98 Å². The number of halogens is 1. The number of hydrogen-bond acceptors (Lipinski definition) is 9. The summed E-state index contributed by atoms with van der Waals surface area (Å²) < 4.78 is 17.3. The highest BCUT2D eigenvalue weighted by Gasteiger charge is 2.48. The van der Waals surface area contributed by atoms with Crippen molar-refractivity contribution < 1.29 is 29.5 Å². The van der Waals surface area contributed by atoms with Crippen LogP contribution in [0.15, 0.2) is 54.6 Å². The molecule has 2 aromatic carbocycles. The Morgan fingerprint density at radius 2 is 1.56 bits per heavy atom. The molecule has 0 bridgehead atoms. The molecule has 0 spiro atoms. The Kier molecular flexibility index (Phi) is 7.85. The summed E-state index contributed by atoms with van der Waals surface area (Å²) in [5.74, 6) is 0. The van der Waals surface area contributed by atoms with Crippen molar-refractivity contribution >= 4 is 22.8 Å². The first-order valence-electron chi connectivity index (χ1n) is 14.7. The smallest absolute Gasteiger partial charge is 0.296 e. The maximum absolute atomic E-state index is 9.97. The highest BCUT2D eigenvalue weighted by atomic mass is 35.5. The molecule has 0 saturated carbocycles. The SMILES string of the molecule is OCC1(CO)CCN(Cc2ccc(-c3ccc(-c4nc5nc(O[C@@H]6CO[C@H]7[C@@H]6OC[C@H]7O)[nH]c5cc4Cl)cc3)cc2)CC1. The fourth-order valence-electron chi connectivity index (χ4n) is 6.28. The largest absolute Gasteiger partial charge is 0.456 e. The Labute approximate surface area is 254 Å². The zero-order chi connectivity index (χ0) is 29.6. The lowest BCUT2D eigenvalue weighted by Gasteiger charge is -2.39. The van der Waals surface area contributed by atoms with Gasteiger partial charge in [-0.3, -0.25) is 4.90 Å². The topological polar surface area (TPSA) is 133 Å². The molecular formula is C32H35ClN4O6. The van der Waals surface area contributed by atoms with Crippen LogP contribution in [-0.4, -0.2) is 99.1 Å². The quantitative estimate of drug-likeness (QED) is 0.238. The summed E-state index contributed by atoms with van der Waals surface area (Å²) in [5, 5.41) is 29.8. The van der Waals surface area contributed by atoms with E-state index in [1.54, 1.807) is 6.07 Å². The molecule has 3 fully saturated rings. The van der Waals surface area contributed by atoms with Gasteiger partial charge in [0.1, 0.15) is 18.3 Å². The Hall–Kier alpha value is -3.09. The lowest BCUT2D eigenvalue weighted by atomic mass is 9.80. The summed E-state index contributed by atoms with van der Waals surface area (Å²) in [7, 11) is 0. The number of fused-ring (bicyclic) bond motifs is 2. The monoisotopic (exact) mass is 606 g/mol. The fourth-order valence-corrected chi connectivity index (χ4v) is 6.54. The number of piperidine rings is 1. The second kappa shape index (κ2) is 11.8. The van der Waals surface area contributed by atoms with Crippen molar-refractivity contribution in [2.75, 3.05) is 39.5 Å². The molecule has 11 heteroatoms. The minimum Gasteiger partial charge on any atom is -0.456 e. The highest BCUT2D eigenvalue weighted by Crippen LogP contribution is 2.34. The minimum atomic E-state index is -0.642. The molecule has 5 heterocycles. The Bertz CT molecular complexity index is 1570. The van der Waals surface area contributed by atoms with Gasteiger partial charge in [0.2, 0.25) is 0 Å². The van der Waals surface area contributed by atoms with Crippen molar-refractivity contribution in [2.24, 2.45) is 5.41 Å². The van der Waals surface area contributed by atoms with Gasteiger partial charge in [0.25, 0.3) is 6.01 Å². The van der Waals surface area contributed by atoms with Gasteiger partial charge in [0.15, 0.2) is 11.8 Å². The maximum atomic E-state index is 9.97. The van der Waals surface area contributed by atoms with E-state index in [0.29, 0.717) is 34.5 Å². The average Bonchev–Trinajstić information content (AvgIpc) is 3.74. The van der Waals surface area contributed by atoms with Crippen LogP contribution in [0.4, 0.5) is 0 Å². The van der Waals surface area contributed by atoms with E-state index in [1.165, 1.54) is 5.56 Å². The van der Waals surface area contributed by atoms with E-state index < -0.39 is 6.10 Å². The predicted molar refractivity (Wildman–Crippen MR) is 161 cm³/mol. The van der Waals surface area contributed by atoms with Crippen LogP contribution in [0, 0.1) is 5.41 Å². The molecule has 10 nitrogen and oxygen atoms in total. The average molecular weight is 607 g/mol. The van der Waals surface area contributed by atoms with E-state index in [4.69, 9.17) is 30.8 Å². The number of ether oxygens (including phenoxy) is 3. The van der Waals surface area contributed by atoms with Crippen molar-refractivity contribution in [1.29, 1.82) is 0 Å². The standard InChI is InChI=1S/C32H35ClN4O6/c33-23-13-24-30(36-31(34-24)43-26-16-42-28-25(40)15-41-29(26)28)35-27(23)22-7-5-21(6-8-22)20-3-1-19(2-4-20)14-37-11-9-32(17-38,18-39)10-12-37/h1-8,13,25-26,28-29,38-40H,9-12,14-18H2,(H,34,35,36)/t25-,26-,28-,29-/m1/s1. The molecule has 226 valence electrons. The minimum absolute atomic E-state index is 0.0427. The van der Waals surface area contributed by atoms with Gasteiger partial charge in [-0.15, -0.1) is 0 Å². The summed E-state index contributed by atoms with van der Waals surface area (Å²) >= 11 is 6.65. The lowest BCUT2D eigenvalue weighted by molar-refractivity contribution is -0.00316. The molecule has 4 N–H and O–H groups in total. The van der Waals surface area contributed by atoms with Crippen molar-refractivity contribution in [3.63, 3.8) is 0 Å². The van der Waals surface area contributed by atoms with E-state index in [2.05, 4.69) is 51.3 Å². The first-order valence-corrected chi connectivity index (χ1v) is 15.1. The number of nitrogens with zero attached hydrogens (tertiary/aromatic N) is 3. The van der Waals surface area contributed by atoms with Crippen LogP contribution in [-0.2, 0) is 16.0 Å². The molecule has 7 rings (SSSR count). The molecule has 4 atom stereocenters. The molecule has 0 unspecified atom stereocenters. The van der Waals surface area contributed by atoms with Crippen molar-refractivity contribution in [2.45, 2.75) is 43.8 Å². The number of aliphatic hydroxyl groups is 3. The van der Waals surface area contributed by atoms with E-state index in [9.17, 15) is 15.3 Å². The van der Waals surface area contributed by atoms with E-state index >= 15 is 0 Å². The van der Waals surface area contributed by atoms with Gasteiger partial charge in [0.05, 0.1) is 42.7 Å². The maximum Gasteiger partial charge on any atom is 0.296 e. The van der Waals surface area contributed by atoms with E-state index in [0.717, 1.165) is 49.2 Å². The zero-order valence-electron chi connectivity index (χ0n) is 23.7. The highest BCUT2D eigenvalue weighted by molar-refractivity contribution is 6.33. The van der Waals surface area contributed by atoms with Gasteiger partial charge in [-0.05, 0) is 48.7 Å². The van der Waals surface area contributed by atoms with Crippen LogP contribution in [0.2, 0.25) is 5.02 Å². The second-order valence-electron chi connectivity index (χ2n) is 11.9. The van der Waals surface area contributed by atoms with Gasteiger partial charge in [-0.1, -0.05) is 60.1 Å². The predicted octanol–water partition coefficient (Wildman–Crippen LogP) is 3.42. The van der Waals surface area contributed by atoms with Crippen molar-refractivity contribution in [3.05, 3.63) is 65.2 Å². The number of aliphatic hydroxyl groups excluding tert-OH is 3. The van der Waals surface area contributed by atoms with Crippen LogP contribution >= 0.6 is 11.6 Å². The zero-order valence-corrected chi connectivity index (χ0v) is 24.4. The number of rotatable bonds is 8. The molecule has 2 aromatic heterocycles. The number of likely N-dealkylation sites (tertiary alicyclic amines) is 1. The number of benzene rings is 2. The molecule has 4 aromatic rings. The van der Waals surface area contributed by atoms with Gasteiger partial charge >= 0.3 is 0 Å². The van der Waals surface area contributed by atoms with Crippen molar-refractivity contribution in [3.8, 4) is 28.4 Å². The molecule has 3 aliphatic heterocycles. The first kappa shape index (κ1) is 28.7. The van der Waals surface area contributed by atoms with Crippen LogP contribution in [0.3, 0.4) is 0 Å². The normalized spacial score (nSPS) is 25.3. The van der Waals surface area contributed by atoms with Crippen LogP contribution in [0.1, 0.15) is 18.4 Å². The number of aromatic amines is 1. The third kappa shape index (κ3) is 5.64.